The van der Waals surface area contributed by atoms with E-state index in [1.54, 1.807) is 13.0 Å². The Hall–Kier alpha value is -1.15. The molecule has 0 aromatic heterocycles. The number of allylic oxidation sites excluding steroid dienone is 3. The average molecular weight is 180 g/mol. The largest absolute Gasteiger partial charge is 0.386 e. The monoisotopic (exact) mass is 180 g/mol. The third kappa shape index (κ3) is 6.05. The molecule has 0 aromatic carbocycles. The molecular weight excluding hydrogens is 164 g/mol. The summed E-state index contributed by atoms with van der Waals surface area (Å²) in [6.07, 6.45) is 7.82. The van der Waals surface area contributed by atoms with Crippen molar-refractivity contribution < 1.29 is 9.90 Å². The van der Waals surface area contributed by atoms with Crippen LogP contribution in [0.15, 0.2) is 36.5 Å². The predicted octanol–water partition coefficient (Wildman–Crippen LogP) is 2.01. The molecule has 2 heteroatoms. The molecule has 0 radical (unpaired) electrons. The lowest BCUT2D eigenvalue weighted by Crippen LogP contribution is -2.18. The van der Waals surface area contributed by atoms with Gasteiger partial charge >= 0.3 is 0 Å². The SMILES string of the molecule is C=CC(C)(O)CC=CC(C)=CC=O. The van der Waals surface area contributed by atoms with Crippen LogP contribution in [0.25, 0.3) is 0 Å². The Labute approximate surface area is 79.3 Å². The minimum Gasteiger partial charge on any atom is -0.386 e. The first-order chi connectivity index (χ1) is 6.02. The molecule has 0 aromatic rings. The van der Waals surface area contributed by atoms with Crippen molar-refractivity contribution in [1.29, 1.82) is 0 Å². The fourth-order valence-electron chi connectivity index (χ4n) is 0.730. The second kappa shape index (κ2) is 5.49. The van der Waals surface area contributed by atoms with Crippen LogP contribution < -0.4 is 0 Å². The number of aldehydes is 1. The van der Waals surface area contributed by atoms with E-state index in [-0.39, 0.29) is 0 Å². The summed E-state index contributed by atoms with van der Waals surface area (Å²) < 4.78 is 0. The molecule has 0 saturated carbocycles. The van der Waals surface area contributed by atoms with Crippen molar-refractivity contribution in [2.75, 3.05) is 0 Å². The number of hydrogen-bond donors (Lipinski definition) is 1. The minimum atomic E-state index is -0.863. The first kappa shape index (κ1) is 11.8. The molecule has 0 spiro atoms. The van der Waals surface area contributed by atoms with Gasteiger partial charge in [0, 0.05) is 0 Å². The molecule has 0 rings (SSSR count). The molecular formula is C11H16O2. The Balaban J connectivity index is 4.09. The highest BCUT2D eigenvalue weighted by atomic mass is 16.3. The van der Waals surface area contributed by atoms with Crippen LogP contribution in [0, 0.1) is 0 Å². The van der Waals surface area contributed by atoms with E-state index in [1.807, 2.05) is 13.0 Å². The van der Waals surface area contributed by atoms with Gasteiger partial charge in [-0.15, -0.1) is 6.58 Å². The molecule has 2 nitrogen and oxygen atoms in total. The van der Waals surface area contributed by atoms with E-state index in [1.165, 1.54) is 12.2 Å². The first-order valence-electron chi connectivity index (χ1n) is 4.16. The Bertz CT molecular complexity index is 234. The van der Waals surface area contributed by atoms with E-state index >= 15 is 0 Å². The average Bonchev–Trinajstić information content (AvgIpc) is 2.05. The summed E-state index contributed by atoms with van der Waals surface area (Å²) in [4.78, 5) is 10.1. The summed E-state index contributed by atoms with van der Waals surface area (Å²) in [6, 6.07) is 0. The summed E-state index contributed by atoms with van der Waals surface area (Å²) in [5.41, 5.74) is 0.00711. The Kier molecular flexibility index (Phi) is 5.00. The van der Waals surface area contributed by atoms with Crippen molar-refractivity contribution in [3.63, 3.8) is 0 Å². The number of aliphatic hydroxyl groups is 1. The molecule has 0 bridgehead atoms. The lowest BCUT2D eigenvalue weighted by molar-refractivity contribution is -0.104. The zero-order valence-electron chi connectivity index (χ0n) is 8.16. The van der Waals surface area contributed by atoms with Crippen molar-refractivity contribution in [3.05, 3.63) is 36.5 Å². The quantitative estimate of drug-likeness (QED) is 0.304. The van der Waals surface area contributed by atoms with E-state index in [9.17, 15) is 9.90 Å². The van der Waals surface area contributed by atoms with Crippen molar-refractivity contribution in [2.24, 2.45) is 0 Å². The summed E-state index contributed by atoms with van der Waals surface area (Å²) >= 11 is 0. The van der Waals surface area contributed by atoms with Crippen LogP contribution in [0.2, 0.25) is 0 Å². The lowest BCUT2D eigenvalue weighted by atomic mass is 10.0. The molecule has 13 heavy (non-hydrogen) atoms. The molecule has 1 N–H and O–H groups in total. The zero-order chi connectivity index (χ0) is 10.3. The van der Waals surface area contributed by atoms with Crippen LogP contribution in [0.5, 0.6) is 0 Å². The van der Waals surface area contributed by atoms with Crippen LogP contribution in [-0.2, 0) is 4.79 Å². The molecule has 0 aliphatic carbocycles. The van der Waals surface area contributed by atoms with E-state index in [2.05, 4.69) is 6.58 Å². The zero-order valence-corrected chi connectivity index (χ0v) is 8.16. The Morgan fingerprint density at radius 2 is 2.23 bits per heavy atom. The van der Waals surface area contributed by atoms with E-state index in [4.69, 9.17) is 0 Å². The van der Waals surface area contributed by atoms with Crippen LogP contribution in [0.1, 0.15) is 20.3 Å². The van der Waals surface area contributed by atoms with Crippen LogP contribution >= 0.6 is 0 Å². The van der Waals surface area contributed by atoms with E-state index < -0.39 is 5.60 Å². The van der Waals surface area contributed by atoms with Gasteiger partial charge in [0.1, 0.15) is 6.29 Å². The second-order valence-electron chi connectivity index (χ2n) is 3.21. The molecule has 0 fully saturated rings. The number of carbonyl (C=O) groups is 1. The van der Waals surface area contributed by atoms with Gasteiger partial charge in [0.15, 0.2) is 0 Å². The van der Waals surface area contributed by atoms with Gasteiger partial charge in [-0.2, -0.15) is 0 Å². The van der Waals surface area contributed by atoms with Crippen molar-refractivity contribution >= 4 is 6.29 Å². The fraction of sp³-hybridized carbons (Fsp3) is 0.364. The highest BCUT2D eigenvalue weighted by Gasteiger charge is 2.11. The second-order valence-corrected chi connectivity index (χ2v) is 3.21. The molecule has 1 atom stereocenters. The predicted molar refractivity (Wildman–Crippen MR) is 54.4 cm³/mol. The molecule has 0 saturated heterocycles. The topological polar surface area (TPSA) is 37.3 Å². The van der Waals surface area contributed by atoms with Gasteiger partial charge in [0.2, 0.25) is 0 Å². The number of rotatable bonds is 5. The van der Waals surface area contributed by atoms with Crippen LogP contribution in [0.4, 0.5) is 0 Å². The Morgan fingerprint density at radius 1 is 1.62 bits per heavy atom. The van der Waals surface area contributed by atoms with Crippen LogP contribution in [-0.4, -0.2) is 17.0 Å². The lowest BCUT2D eigenvalue weighted by Gasteiger charge is -2.14. The standard InChI is InChI=1S/C11H16O2/c1-4-11(3,13)8-5-6-10(2)7-9-12/h4-7,9,13H,1,8H2,2-3H3. The smallest absolute Gasteiger partial charge is 0.143 e. The van der Waals surface area contributed by atoms with Crippen molar-refractivity contribution in [3.8, 4) is 0 Å². The molecule has 0 amide bonds. The van der Waals surface area contributed by atoms with Gasteiger partial charge in [-0.1, -0.05) is 18.2 Å². The third-order valence-electron chi connectivity index (χ3n) is 1.68. The maximum atomic E-state index is 10.1. The van der Waals surface area contributed by atoms with Crippen LogP contribution in [0.3, 0.4) is 0 Å². The van der Waals surface area contributed by atoms with E-state index in [0.29, 0.717) is 6.42 Å². The Morgan fingerprint density at radius 3 is 2.69 bits per heavy atom. The summed E-state index contributed by atoms with van der Waals surface area (Å²) in [5.74, 6) is 0. The van der Waals surface area contributed by atoms with E-state index in [0.717, 1.165) is 11.9 Å². The normalized spacial score (nSPS) is 17.0. The summed E-state index contributed by atoms with van der Waals surface area (Å²) in [7, 11) is 0. The maximum Gasteiger partial charge on any atom is 0.143 e. The molecule has 72 valence electrons. The van der Waals surface area contributed by atoms with Gasteiger partial charge < -0.3 is 5.11 Å². The first-order valence-corrected chi connectivity index (χ1v) is 4.16. The van der Waals surface area contributed by atoms with Gasteiger partial charge in [-0.05, 0) is 31.9 Å². The minimum absolute atomic E-state index is 0.501. The third-order valence-corrected chi connectivity index (χ3v) is 1.68. The maximum absolute atomic E-state index is 10.1. The molecule has 0 aliphatic rings. The highest BCUT2D eigenvalue weighted by Crippen LogP contribution is 2.11. The summed E-state index contributed by atoms with van der Waals surface area (Å²) in [5, 5.41) is 9.51. The van der Waals surface area contributed by atoms with Crippen molar-refractivity contribution in [1.82, 2.24) is 0 Å². The fourth-order valence-corrected chi connectivity index (χ4v) is 0.730. The molecule has 1 unspecified atom stereocenters. The van der Waals surface area contributed by atoms with Gasteiger partial charge in [-0.3, -0.25) is 4.79 Å². The van der Waals surface area contributed by atoms with Gasteiger partial charge in [-0.25, -0.2) is 0 Å². The van der Waals surface area contributed by atoms with Gasteiger partial charge in [0.25, 0.3) is 0 Å². The van der Waals surface area contributed by atoms with Gasteiger partial charge in [0.05, 0.1) is 5.60 Å². The number of hydrogen-bond acceptors (Lipinski definition) is 2. The highest BCUT2D eigenvalue weighted by molar-refractivity contribution is 5.66. The van der Waals surface area contributed by atoms with Crippen molar-refractivity contribution in [2.45, 2.75) is 25.9 Å². The molecule has 0 heterocycles. The number of carbonyl (C=O) groups excluding carboxylic acids is 1. The molecule has 0 aliphatic heterocycles. The summed E-state index contributed by atoms with van der Waals surface area (Å²) in [6.45, 7) is 7.02.